The fraction of sp³-hybridized carbons (Fsp3) is 0.200. The van der Waals surface area contributed by atoms with Crippen molar-refractivity contribution in [1.29, 1.82) is 0 Å². The van der Waals surface area contributed by atoms with Crippen molar-refractivity contribution >= 4 is 32.2 Å². The van der Waals surface area contributed by atoms with Gasteiger partial charge >= 0.3 is 0 Å². The summed E-state index contributed by atoms with van der Waals surface area (Å²) in [5, 5.41) is 5.02. The first-order valence-corrected chi connectivity index (χ1v) is 11.1. The van der Waals surface area contributed by atoms with E-state index in [1.54, 1.807) is 18.2 Å². The van der Waals surface area contributed by atoms with Gasteiger partial charge in [0.2, 0.25) is 5.91 Å². The molecule has 1 amide bonds. The lowest BCUT2D eigenvalue weighted by Gasteiger charge is -2.04. The summed E-state index contributed by atoms with van der Waals surface area (Å²) >= 11 is 1.32. The number of hydrogen-bond acceptors (Lipinski definition) is 5. The molecular formula is C20H20N2O3S2. The van der Waals surface area contributed by atoms with Crippen LogP contribution in [0.5, 0.6) is 0 Å². The number of aryl methyl sites for hydroxylation is 1. The Morgan fingerprint density at radius 3 is 2.44 bits per heavy atom. The topological polar surface area (TPSA) is 76.1 Å². The predicted molar refractivity (Wildman–Crippen MR) is 109 cm³/mol. The molecule has 1 heterocycles. The van der Waals surface area contributed by atoms with E-state index in [4.69, 9.17) is 0 Å². The van der Waals surface area contributed by atoms with Crippen molar-refractivity contribution in [3.05, 3.63) is 65.5 Å². The molecule has 0 spiro atoms. The van der Waals surface area contributed by atoms with Crippen LogP contribution >= 0.6 is 11.3 Å². The van der Waals surface area contributed by atoms with Crippen LogP contribution in [-0.4, -0.2) is 25.1 Å². The summed E-state index contributed by atoms with van der Waals surface area (Å²) in [4.78, 5) is 16.8. The molecule has 1 aromatic heterocycles. The number of sulfone groups is 1. The Morgan fingerprint density at radius 1 is 1.07 bits per heavy atom. The largest absolute Gasteiger partial charge is 0.302 e. The summed E-state index contributed by atoms with van der Waals surface area (Å²) in [7, 11) is -3.47. The first-order chi connectivity index (χ1) is 13.0. The molecule has 3 aromatic rings. The van der Waals surface area contributed by atoms with Crippen LogP contribution in [0.1, 0.15) is 18.9 Å². The first-order valence-electron chi connectivity index (χ1n) is 8.60. The zero-order valence-corrected chi connectivity index (χ0v) is 16.5. The molecule has 0 bridgehead atoms. The van der Waals surface area contributed by atoms with Crippen molar-refractivity contribution < 1.29 is 13.2 Å². The molecule has 1 N–H and O–H groups in total. The van der Waals surface area contributed by atoms with E-state index >= 15 is 0 Å². The van der Waals surface area contributed by atoms with Gasteiger partial charge < -0.3 is 5.32 Å². The van der Waals surface area contributed by atoms with Crippen LogP contribution in [0.15, 0.2) is 64.9 Å². The molecule has 0 aliphatic rings. The molecule has 2 aromatic carbocycles. The Balaban J connectivity index is 1.59. The van der Waals surface area contributed by atoms with E-state index in [2.05, 4.69) is 29.4 Å². The average molecular weight is 401 g/mol. The molecule has 3 rings (SSSR count). The molecule has 0 unspecified atom stereocenters. The molecule has 0 atom stereocenters. The van der Waals surface area contributed by atoms with Crippen LogP contribution < -0.4 is 5.32 Å². The standard InChI is InChI=1S/C20H20N2O3S2/c1-2-15-8-10-16(11-9-15)18-14-26-20(21-18)22-19(23)12-13-27(24,25)17-6-4-3-5-7-17/h3-11,14H,2,12-13H2,1H3,(H,21,22,23). The van der Waals surface area contributed by atoms with Crippen molar-refractivity contribution in [3.63, 3.8) is 0 Å². The van der Waals surface area contributed by atoms with Gasteiger partial charge in [-0.25, -0.2) is 13.4 Å². The molecule has 7 heteroatoms. The van der Waals surface area contributed by atoms with E-state index in [1.165, 1.54) is 29.0 Å². The van der Waals surface area contributed by atoms with Gasteiger partial charge in [0, 0.05) is 17.4 Å². The van der Waals surface area contributed by atoms with Crippen molar-refractivity contribution in [2.45, 2.75) is 24.7 Å². The minimum atomic E-state index is -3.47. The van der Waals surface area contributed by atoms with Crippen LogP contribution in [0, 0.1) is 0 Å². The van der Waals surface area contributed by atoms with Gasteiger partial charge in [0.15, 0.2) is 15.0 Å². The zero-order valence-electron chi connectivity index (χ0n) is 14.9. The lowest BCUT2D eigenvalue weighted by Crippen LogP contribution is -2.17. The monoisotopic (exact) mass is 400 g/mol. The second kappa shape index (κ2) is 8.45. The molecular weight excluding hydrogens is 380 g/mol. The minimum Gasteiger partial charge on any atom is -0.302 e. The van der Waals surface area contributed by atoms with E-state index in [9.17, 15) is 13.2 Å². The van der Waals surface area contributed by atoms with Gasteiger partial charge in [0.1, 0.15) is 0 Å². The third-order valence-electron chi connectivity index (χ3n) is 4.11. The summed E-state index contributed by atoms with van der Waals surface area (Å²) < 4.78 is 24.5. The molecule has 27 heavy (non-hydrogen) atoms. The van der Waals surface area contributed by atoms with E-state index in [0.29, 0.717) is 5.13 Å². The lowest BCUT2D eigenvalue weighted by atomic mass is 10.1. The van der Waals surface area contributed by atoms with Gasteiger partial charge in [-0.15, -0.1) is 11.3 Å². The number of nitrogens with zero attached hydrogens (tertiary/aromatic N) is 1. The van der Waals surface area contributed by atoms with Crippen LogP contribution in [0.3, 0.4) is 0 Å². The Hall–Kier alpha value is -2.51. The maximum Gasteiger partial charge on any atom is 0.227 e. The summed E-state index contributed by atoms with van der Waals surface area (Å²) in [6.45, 7) is 2.10. The molecule has 140 valence electrons. The number of benzene rings is 2. The Bertz CT molecular complexity index is 1010. The zero-order chi connectivity index (χ0) is 19.3. The molecule has 5 nitrogen and oxygen atoms in total. The second-order valence-corrected chi connectivity index (χ2v) is 8.99. The molecule has 0 aliphatic carbocycles. The summed E-state index contributed by atoms with van der Waals surface area (Å²) in [5.41, 5.74) is 3.02. The number of hydrogen-bond donors (Lipinski definition) is 1. The Kier molecular flexibility index (Phi) is 6.03. The summed E-state index contributed by atoms with van der Waals surface area (Å²) in [5.74, 6) is -0.601. The number of thiazole rings is 1. The van der Waals surface area contributed by atoms with Gasteiger partial charge in [-0.3, -0.25) is 4.79 Å². The third-order valence-corrected chi connectivity index (χ3v) is 6.60. The lowest BCUT2D eigenvalue weighted by molar-refractivity contribution is -0.115. The third kappa shape index (κ3) is 5.02. The highest BCUT2D eigenvalue weighted by Crippen LogP contribution is 2.25. The van der Waals surface area contributed by atoms with Crippen LogP contribution in [0.2, 0.25) is 0 Å². The van der Waals surface area contributed by atoms with Crippen molar-refractivity contribution in [3.8, 4) is 11.3 Å². The Morgan fingerprint density at radius 2 is 1.78 bits per heavy atom. The van der Waals surface area contributed by atoms with Crippen LogP contribution in [-0.2, 0) is 21.1 Å². The maximum atomic E-state index is 12.2. The predicted octanol–water partition coefficient (Wildman–Crippen LogP) is 4.18. The number of rotatable bonds is 7. The smallest absolute Gasteiger partial charge is 0.227 e. The highest BCUT2D eigenvalue weighted by Gasteiger charge is 2.17. The highest BCUT2D eigenvalue weighted by atomic mass is 32.2. The van der Waals surface area contributed by atoms with E-state index < -0.39 is 9.84 Å². The number of amides is 1. The summed E-state index contributed by atoms with van der Waals surface area (Å²) in [6, 6.07) is 16.3. The number of anilines is 1. The molecule has 0 saturated carbocycles. The summed E-state index contributed by atoms with van der Waals surface area (Å²) in [6.07, 6.45) is 0.863. The molecule has 0 fully saturated rings. The number of aromatic nitrogens is 1. The van der Waals surface area contributed by atoms with E-state index in [1.807, 2.05) is 17.5 Å². The van der Waals surface area contributed by atoms with Crippen molar-refractivity contribution in [2.75, 3.05) is 11.1 Å². The van der Waals surface area contributed by atoms with Gasteiger partial charge in [0.05, 0.1) is 16.3 Å². The fourth-order valence-corrected chi connectivity index (χ4v) is 4.53. The minimum absolute atomic E-state index is 0.114. The number of nitrogens with one attached hydrogen (secondary N) is 1. The highest BCUT2D eigenvalue weighted by molar-refractivity contribution is 7.91. The van der Waals surface area contributed by atoms with Gasteiger partial charge in [-0.1, -0.05) is 49.4 Å². The van der Waals surface area contributed by atoms with Crippen LogP contribution in [0.25, 0.3) is 11.3 Å². The molecule has 0 saturated heterocycles. The fourth-order valence-electron chi connectivity index (χ4n) is 2.53. The SMILES string of the molecule is CCc1ccc(-c2csc(NC(=O)CCS(=O)(=O)c3ccccc3)n2)cc1. The number of carbonyl (C=O) groups is 1. The van der Waals surface area contributed by atoms with E-state index in [0.717, 1.165) is 17.7 Å². The van der Waals surface area contributed by atoms with Gasteiger partial charge in [-0.05, 0) is 24.1 Å². The average Bonchev–Trinajstić information content (AvgIpc) is 3.15. The maximum absolute atomic E-state index is 12.2. The second-order valence-electron chi connectivity index (χ2n) is 6.02. The van der Waals surface area contributed by atoms with E-state index in [-0.39, 0.29) is 23.0 Å². The van der Waals surface area contributed by atoms with Crippen molar-refractivity contribution in [2.24, 2.45) is 0 Å². The van der Waals surface area contributed by atoms with Gasteiger partial charge in [-0.2, -0.15) is 0 Å². The Labute approximate surface area is 163 Å². The number of carbonyl (C=O) groups excluding carboxylic acids is 1. The van der Waals surface area contributed by atoms with Crippen molar-refractivity contribution in [1.82, 2.24) is 4.98 Å². The molecule has 0 radical (unpaired) electrons. The van der Waals surface area contributed by atoms with Gasteiger partial charge in [0.25, 0.3) is 0 Å². The molecule has 0 aliphatic heterocycles. The quantitative estimate of drug-likeness (QED) is 0.646. The normalized spacial score (nSPS) is 11.3. The van der Waals surface area contributed by atoms with Crippen LogP contribution in [0.4, 0.5) is 5.13 Å². The first kappa shape index (κ1) is 19.3.